The number of aromatic nitrogens is 4. The van der Waals surface area contributed by atoms with Crippen molar-refractivity contribution in [3.8, 4) is 0 Å². The minimum Gasteiger partial charge on any atom is -0.502 e. The topological polar surface area (TPSA) is 194 Å². The highest BCUT2D eigenvalue weighted by Crippen LogP contribution is 2.31. The second-order valence-electron chi connectivity index (χ2n) is 9.83. The number of fused-ring (bicyclic) bond motifs is 2. The highest BCUT2D eigenvalue weighted by molar-refractivity contribution is 7.85. The van der Waals surface area contributed by atoms with Crippen LogP contribution in [0, 0.1) is 6.92 Å². The fourth-order valence-electron chi connectivity index (χ4n) is 4.12. The Hall–Kier alpha value is -4.09. The van der Waals surface area contributed by atoms with Crippen LogP contribution < -0.4 is 0 Å². The van der Waals surface area contributed by atoms with E-state index in [-0.39, 0.29) is 11.1 Å². The molecular formula is C29H32N4O9S3. The number of ether oxygens (including phenoxy) is 2. The van der Waals surface area contributed by atoms with Gasteiger partial charge in [0.2, 0.25) is 0 Å². The van der Waals surface area contributed by atoms with Gasteiger partial charge in [0.15, 0.2) is 6.23 Å². The third-order valence-electron chi connectivity index (χ3n) is 6.39. The third kappa shape index (κ3) is 9.70. The highest BCUT2D eigenvalue weighted by atomic mass is 32.2. The summed E-state index contributed by atoms with van der Waals surface area (Å²) in [4.78, 5) is 23.7. The van der Waals surface area contributed by atoms with Crippen molar-refractivity contribution in [2.75, 3.05) is 13.2 Å². The molecule has 5 aromatic rings. The Bertz CT molecular complexity index is 1810. The van der Waals surface area contributed by atoms with Crippen LogP contribution in [0.2, 0.25) is 0 Å². The summed E-state index contributed by atoms with van der Waals surface area (Å²) in [5.74, 6) is -1.78. The van der Waals surface area contributed by atoms with Crippen LogP contribution in [-0.4, -0.2) is 68.3 Å². The molecule has 7 rings (SSSR count). The molecule has 2 aliphatic rings. The quantitative estimate of drug-likeness (QED) is 0.155. The molecular weight excluding hydrogens is 645 g/mol. The van der Waals surface area contributed by atoms with E-state index in [1.807, 2.05) is 17.7 Å². The number of rotatable bonds is 4. The number of aromatic carboxylic acids is 2. The summed E-state index contributed by atoms with van der Waals surface area (Å²) in [6.45, 7) is 3.51. The fraction of sp³-hybridized carbons (Fsp3) is 0.310. The number of hydrogen-bond acceptors (Lipinski definition) is 10. The number of aryl methyl sites for hydroxylation is 1. The zero-order valence-corrected chi connectivity index (χ0v) is 26.6. The number of aromatic amines is 1. The average molecular weight is 677 g/mol. The van der Waals surface area contributed by atoms with Gasteiger partial charge in [0.05, 0.1) is 30.2 Å². The SMILES string of the molecule is C1=COCCC1.Cc1ccc(S(=O)(=O)O)cc1.O=C(O)c1cc2cn[nH]c2s1.O=C(O)c1cc2cnn(C3CCCCO3)c2s1. The number of thiophene rings is 2. The Balaban J connectivity index is 0.000000145. The standard InChI is InChI=1S/C11H12N2O3S.C7H8O3S.C6H4N2O2S.C5H8O/c14-11(15)8-5-7-6-12-13(10(7)17-8)9-3-1-2-4-16-9;1-6-2-4-7(5-3-6)11(8,9)10;9-6(10)4-1-3-2-7-8-5(3)11-4;1-2-4-6-5-3-1/h5-6,9H,1-4H2,(H,14,15);2-5H,1H3,(H,8,9,10);1-2H,(H,7,8)(H,9,10);2,4H,1,3,5H2. The van der Waals surface area contributed by atoms with Gasteiger partial charge >= 0.3 is 11.9 Å². The molecule has 0 spiro atoms. The number of nitrogens with zero attached hydrogens (tertiary/aromatic N) is 3. The summed E-state index contributed by atoms with van der Waals surface area (Å²) < 4.78 is 41.9. The molecule has 0 aliphatic carbocycles. The maximum Gasteiger partial charge on any atom is 0.345 e. The van der Waals surface area contributed by atoms with E-state index < -0.39 is 22.1 Å². The van der Waals surface area contributed by atoms with Crippen molar-refractivity contribution in [1.82, 2.24) is 20.0 Å². The van der Waals surface area contributed by atoms with Crippen molar-refractivity contribution in [3.63, 3.8) is 0 Å². The van der Waals surface area contributed by atoms with Crippen LogP contribution in [-0.2, 0) is 19.6 Å². The van der Waals surface area contributed by atoms with Gasteiger partial charge in [-0.25, -0.2) is 14.3 Å². The molecule has 0 bridgehead atoms. The molecule has 45 heavy (non-hydrogen) atoms. The van der Waals surface area contributed by atoms with Crippen LogP contribution in [0.1, 0.15) is 63.2 Å². The minimum atomic E-state index is -4.02. The van der Waals surface area contributed by atoms with Crippen molar-refractivity contribution in [2.24, 2.45) is 0 Å². The number of carboxylic acids is 2. The molecule has 1 fully saturated rings. The highest BCUT2D eigenvalue weighted by Gasteiger charge is 2.21. The second kappa shape index (κ2) is 15.8. The first kappa shape index (κ1) is 33.8. The molecule has 1 atom stereocenters. The van der Waals surface area contributed by atoms with E-state index in [0.717, 1.165) is 58.5 Å². The average Bonchev–Trinajstić information content (AvgIpc) is 3.81. The molecule has 0 amide bonds. The summed E-state index contributed by atoms with van der Waals surface area (Å²) in [5.41, 5.74) is 0.956. The van der Waals surface area contributed by atoms with Gasteiger partial charge in [0.25, 0.3) is 10.1 Å². The Labute approximate surface area is 266 Å². The van der Waals surface area contributed by atoms with Crippen LogP contribution in [0.4, 0.5) is 0 Å². The lowest BCUT2D eigenvalue weighted by molar-refractivity contribution is -0.0363. The van der Waals surface area contributed by atoms with E-state index in [1.165, 1.54) is 47.6 Å². The molecule has 2 aliphatic heterocycles. The van der Waals surface area contributed by atoms with Gasteiger partial charge in [-0.2, -0.15) is 18.6 Å². The van der Waals surface area contributed by atoms with Crippen LogP contribution in [0.3, 0.4) is 0 Å². The van der Waals surface area contributed by atoms with Gasteiger partial charge in [-0.05, 0) is 69.4 Å². The molecule has 0 saturated carbocycles. The summed E-state index contributed by atoms with van der Waals surface area (Å²) in [7, 11) is -4.02. The zero-order chi connectivity index (χ0) is 32.4. The van der Waals surface area contributed by atoms with Crippen molar-refractivity contribution in [2.45, 2.75) is 50.2 Å². The lowest BCUT2D eigenvalue weighted by Crippen LogP contribution is -2.18. The zero-order valence-electron chi connectivity index (χ0n) is 24.2. The molecule has 0 radical (unpaired) electrons. The fourth-order valence-corrected chi connectivity index (χ4v) is 6.39. The van der Waals surface area contributed by atoms with Crippen LogP contribution in [0.5, 0.6) is 0 Å². The molecule has 1 saturated heterocycles. The third-order valence-corrected chi connectivity index (χ3v) is 9.43. The van der Waals surface area contributed by atoms with E-state index >= 15 is 0 Å². The number of benzene rings is 1. The van der Waals surface area contributed by atoms with Gasteiger partial charge in [0.1, 0.15) is 19.4 Å². The molecule has 240 valence electrons. The van der Waals surface area contributed by atoms with Gasteiger partial charge in [-0.3, -0.25) is 9.65 Å². The largest absolute Gasteiger partial charge is 0.502 e. The first-order valence-corrected chi connectivity index (χ1v) is 16.9. The summed E-state index contributed by atoms with van der Waals surface area (Å²) in [6.07, 6.45) is 12.6. The molecule has 13 nitrogen and oxygen atoms in total. The van der Waals surface area contributed by atoms with Gasteiger partial charge < -0.3 is 19.7 Å². The second-order valence-corrected chi connectivity index (χ2v) is 13.3. The van der Waals surface area contributed by atoms with Crippen molar-refractivity contribution >= 4 is 65.2 Å². The monoisotopic (exact) mass is 676 g/mol. The molecule has 6 heterocycles. The van der Waals surface area contributed by atoms with Crippen LogP contribution >= 0.6 is 22.7 Å². The maximum atomic E-state index is 10.9. The molecule has 1 unspecified atom stereocenters. The first-order valence-electron chi connectivity index (χ1n) is 13.8. The Kier molecular flexibility index (Phi) is 11.8. The predicted octanol–water partition coefficient (Wildman–Crippen LogP) is 6.37. The van der Waals surface area contributed by atoms with Crippen LogP contribution in [0.25, 0.3) is 20.4 Å². The Morgan fingerprint density at radius 1 is 0.978 bits per heavy atom. The minimum absolute atomic E-state index is 0.0402. The number of hydrogen-bond donors (Lipinski definition) is 4. The summed E-state index contributed by atoms with van der Waals surface area (Å²) in [6, 6.07) is 9.25. The predicted molar refractivity (Wildman–Crippen MR) is 170 cm³/mol. The molecule has 4 aromatic heterocycles. The number of H-pyrrole nitrogens is 1. The van der Waals surface area contributed by atoms with Gasteiger partial charge in [-0.1, -0.05) is 17.7 Å². The number of carboxylic acid groups (broad SMARTS) is 2. The smallest absolute Gasteiger partial charge is 0.345 e. The van der Waals surface area contributed by atoms with Crippen molar-refractivity contribution < 1.29 is 42.2 Å². The summed E-state index contributed by atoms with van der Waals surface area (Å²) in [5, 5.41) is 30.0. The lowest BCUT2D eigenvalue weighted by Gasteiger charge is -2.22. The lowest BCUT2D eigenvalue weighted by atomic mass is 10.2. The summed E-state index contributed by atoms with van der Waals surface area (Å²) >= 11 is 2.45. The van der Waals surface area contributed by atoms with Gasteiger partial charge in [-0.15, -0.1) is 22.7 Å². The maximum absolute atomic E-state index is 10.9. The van der Waals surface area contributed by atoms with Crippen LogP contribution in [0.15, 0.2) is 66.0 Å². The number of carbonyl (C=O) groups is 2. The number of allylic oxidation sites excluding steroid dienone is 1. The van der Waals surface area contributed by atoms with E-state index in [4.69, 9.17) is 24.2 Å². The molecule has 1 aromatic carbocycles. The van der Waals surface area contributed by atoms with E-state index in [1.54, 1.807) is 42.9 Å². The Morgan fingerprint density at radius 2 is 1.69 bits per heavy atom. The van der Waals surface area contributed by atoms with E-state index in [9.17, 15) is 18.0 Å². The Morgan fingerprint density at radius 3 is 2.22 bits per heavy atom. The van der Waals surface area contributed by atoms with E-state index in [2.05, 4.69) is 15.3 Å². The normalized spacial score (nSPS) is 15.9. The molecule has 4 N–H and O–H groups in total. The first-order chi connectivity index (χ1) is 21.5. The number of nitrogens with one attached hydrogen (secondary N) is 1. The van der Waals surface area contributed by atoms with E-state index in [0.29, 0.717) is 9.75 Å². The van der Waals surface area contributed by atoms with Gasteiger partial charge in [0, 0.05) is 17.4 Å². The van der Waals surface area contributed by atoms with Crippen molar-refractivity contribution in [3.05, 3.63) is 76.4 Å². The van der Waals surface area contributed by atoms with Crippen molar-refractivity contribution in [1.29, 1.82) is 0 Å². The molecule has 16 heteroatoms.